The van der Waals surface area contributed by atoms with Gasteiger partial charge in [0.1, 0.15) is 5.82 Å². The Morgan fingerprint density at radius 2 is 2.25 bits per heavy atom. The van der Waals surface area contributed by atoms with E-state index in [1.165, 1.54) is 16.8 Å². The Morgan fingerprint density at radius 3 is 3.05 bits per heavy atom. The standard InChI is InChI=1S/C16H18BrN3/c17-14-3-1-2-11(7-14)8-16-19-10-13-6-12(9-18)4-5-15(13)20-16/h1-3,7,10,12H,4-6,8-9,18H2. The first-order valence-corrected chi connectivity index (χ1v) is 7.82. The van der Waals surface area contributed by atoms with E-state index in [2.05, 4.69) is 33.0 Å². The summed E-state index contributed by atoms with van der Waals surface area (Å²) in [6.45, 7) is 0.763. The van der Waals surface area contributed by atoms with Crippen molar-refractivity contribution in [3.8, 4) is 0 Å². The summed E-state index contributed by atoms with van der Waals surface area (Å²) in [7, 11) is 0. The Bertz CT molecular complexity index is 612. The molecular weight excluding hydrogens is 314 g/mol. The first-order valence-electron chi connectivity index (χ1n) is 7.03. The van der Waals surface area contributed by atoms with E-state index in [0.717, 1.165) is 42.5 Å². The van der Waals surface area contributed by atoms with Gasteiger partial charge in [-0.1, -0.05) is 28.1 Å². The van der Waals surface area contributed by atoms with Crippen LogP contribution in [0.25, 0.3) is 0 Å². The van der Waals surface area contributed by atoms with Crippen LogP contribution in [0.4, 0.5) is 0 Å². The molecule has 0 spiro atoms. The molecule has 0 radical (unpaired) electrons. The van der Waals surface area contributed by atoms with Crippen molar-refractivity contribution in [2.45, 2.75) is 25.7 Å². The third kappa shape index (κ3) is 3.07. The highest BCUT2D eigenvalue weighted by Gasteiger charge is 2.19. The number of aryl methyl sites for hydroxylation is 1. The molecule has 0 fully saturated rings. The summed E-state index contributed by atoms with van der Waals surface area (Å²) in [5, 5.41) is 0. The van der Waals surface area contributed by atoms with Crippen LogP contribution in [-0.4, -0.2) is 16.5 Å². The van der Waals surface area contributed by atoms with Crippen LogP contribution in [0.1, 0.15) is 29.1 Å². The largest absolute Gasteiger partial charge is 0.330 e. The topological polar surface area (TPSA) is 51.8 Å². The third-order valence-corrected chi connectivity index (χ3v) is 4.38. The Labute approximate surface area is 127 Å². The van der Waals surface area contributed by atoms with Gasteiger partial charge in [-0.15, -0.1) is 0 Å². The second kappa shape index (κ2) is 6.02. The quantitative estimate of drug-likeness (QED) is 0.940. The molecular formula is C16H18BrN3. The minimum atomic E-state index is 0.599. The second-order valence-corrected chi connectivity index (χ2v) is 6.33. The van der Waals surface area contributed by atoms with Gasteiger partial charge in [-0.2, -0.15) is 0 Å². The second-order valence-electron chi connectivity index (χ2n) is 5.41. The fraction of sp³-hybridized carbons (Fsp3) is 0.375. The van der Waals surface area contributed by atoms with Crippen LogP contribution in [0.2, 0.25) is 0 Å². The summed E-state index contributed by atoms with van der Waals surface area (Å²) in [6.07, 6.45) is 6.00. The maximum atomic E-state index is 5.76. The van der Waals surface area contributed by atoms with Crippen LogP contribution in [0, 0.1) is 5.92 Å². The average Bonchev–Trinajstić information content (AvgIpc) is 2.47. The van der Waals surface area contributed by atoms with Crippen LogP contribution in [0.5, 0.6) is 0 Å². The Hall–Kier alpha value is -1.26. The number of hydrogen-bond acceptors (Lipinski definition) is 3. The predicted octanol–water partition coefficient (Wildman–Crippen LogP) is 2.89. The zero-order valence-electron chi connectivity index (χ0n) is 11.3. The molecule has 1 atom stereocenters. The van der Waals surface area contributed by atoms with Crippen molar-refractivity contribution in [3.63, 3.8) is 0 Å². The summed E-state index contributed by atoms with van der Waals surface area (Å²) in [5.74, 6) is 1.51. The van der Waals surface area contributed by atoms with E-state index in [1.54, 1.807) is 0 Å². The smallest absolute Gasteiger partial charge is 0.132 e. The number of nitrogens with zero attached hydrogens (tertiary/aromatic N) is 2. The maximum absolute atomic E-state index is 5.76. The highest BCUT2D eigenvalue weighted by Crippen LogP contribution is 2.23. The molecule has 3 rings (SSSR count). The lowest BCUT2D eigenvalue weighted by atomic mass is 9.87. The first kappa shape index (κ1) is 13.7. The Morgan fingerprint density at radius 1 is 1.35 bits per heavy atom. The van der Waals surface area contributed by atoms with E-state index >= 15 is 0 Å². The molecule has 0 bridgehead atoms. The molecule has 1 aliphatic carbocycles. The van der Waals surface area contributed by atoms with Crippen molar-refractivity contribution in [1.29, 1.82) is 0 Å². The van der Waals surface area contributed by atoms with Crippen molar-refractivity contribution in [2.75, 3.05) is 6.54 Å². The molecule has 0 amide bonds. The summed E-state index contributed by atoms with van der Waals surface area (Å²) < 4.78 is 1.10. The average molecular weight is 332 g/mol. The van der Waals surface area contributed by atoms with Crippen molar-refractivity contribution >= 4 is 15.9 Å². The number of hydrogen-bond donors (Lipinski definition) is 1. The molecule has 0 saturated carbocycles. The Kier molecular flexibility index (Phi) is 4.13. The van der Waals surface area contributed by atoms with Gasteiger partial charge in [-0.05, 0) is 55.0 Å². The monoisotopic (exact) mass is 331 g/mol. The molecule has 1 aromatic heterocycles. The van der Waals surface area contributed by atoms with E-state index in [-0.39, 0.29) is 0 Å². The summed E-state index contributed by atoms with van der Waals surface area (Å²) in [4.78, 5) is 9.26. The van der Waals surface area contributed by atoms with E-state index in [0.29, 0.717) is 5.92 Å². The van der Waals surface area contributed by atoms with Gasteiger partial charge in [-0.25, -0.2) is 9.97 Å². The van der Waals surface area contributed by atoms with Crippen molar-refractivity contribution < 1.29 is 0 Å². The number of fused-ring (bicyclic) bond motifs is 1. The van der Waals surface area contributed by atoms with Crippen molar-refractivity contribution in [1.82, 2.24) is 9.97 Å². The summed E-state index contributed by atoms with van der Waals surface area (Å²) in [6, 6.07) is 8.30. The fourth-order valence-corrected chi connectivity index (χ4v) is 3.19. The molecule has 1 heterocycles. The fourth-order valence-electron chi connectivity index (χ4n) is 2.74. The molecule has 2 N–H and O–H groups in total. The molecule has 3 nitrogen and oxygen atoms in total. The molecule has 0 saturated heterocycles. The highest BCUT2D eigenvalue weighted by molar-refractivity contribution is 9.10. The van der Waals surface area contributed by atoms with Crippen LogP contribution < -0.4 is 5.73 Å². The number of halogens is 1. The zero-order chi connectivity index (χ0) is 13.9. The summed E-state index contributed by atoms with van der Waals surface area (Å²) >= 11 is 3.50. The van der Waals surface area contributed by atoms with E-state index < -0.39 is 0 Å². The van der Waals surface area contributed by atoms with Gasteiger partial charge in [0.25, 0.3) is 0 Å². The lowest BCUT2D eigenvalue weighted by Gasteiger charge is -2.22. The molecule has 104 valence electrons. The lowest BCUT2D eigenvalue weighted by molar-refractivity contribution is 0.460. The predicted molar refractivity (Wildman–Crippen MR) is 83.5 cm³/mol. The zero-order valence-corrected chi connectivity index (χ0v) is 12.9. The number of nitrogens with two attached hydrogens (primary N) is 1. The molecule has 2 aromatic rings. The van der Waals surface area contributed by atoms with Crippen LogP contribution >= 0.6 is 15.9 Å². The molecule has 0 aliphatic heterocycles. The van der Waals surface area contributed by atoms with Gasteiger partial charge in [0.05, 0.1) is 0 Å². The van der Waals surface area contributed by atoms with Gasteiger partial charge < -0.3 is 5.73 Å². The minimum Gasteiger partial charge on any atom is -0.330 e. The van der Waals surface area contributed by atoms with Gasteiger partial charge in [0, 0.05) is 22.8 Å². The maximum Gasteiger partial charge on any atom is 0.132 e. The Balaban J connectivity index is 1.79. The van der Waals surface area contributed by atoms with E-state index in [4.69, 9.17) is 10.7 Å². The molecule has 1 unspecified atom stereocenters. The molecule has 4 heteroatoms. The normalized spacial score (nSPS) is 17.8. The molecule has 1 aromatic carbocycles. The SMILES string of the molecule is NCC1CCc2nc(Cc3cccc(Br)c3)ncc2C1. The molecule has 20 heavy (non-hydrogen) atoms. The van der Waals surface area contributed by atoms with Gasteiger partial charge in [0.15, 0.2) is 0 Å². The first-order chi connectivity index (χ1) is 9.74. The van der Waals surface area contributed by atoms with Gasteiger partial charge in [-0.3, -0.25) is 0 Å². The van der Waals surface area contributed by atoms with E-state index in [9.17, 15) is 0 Å². The van der Waals surface area contributed by atoms with Crippen LogP contribution in [0.15, 0.2) is 34.9 Å². The number of rotatable bonds is 3. The number of benzene rings is 1. The van der Waals surface area contributed by atoms with Crippen molar-refractivity contribution in [2.24, 2.45) is 11.7 Å². The van der Waals surface area contributed by atoms with Crippen LogP contribution in [0.3, 0.4) is 0 Å². The van der Waals surface area contributed by atoms with Gasteiger partial charge >= 0.3 is 0 Å². The third-order valence-electron chi connectivity index (χ3n) is 3.89. The van der Waals surface area contributed by atoms with Crippen LogP contribution in [-0.2, 0) is 19.3 Å². The molecule has 1 aliphatic rings. The number of aromatic nitrogens is 2. The summed E-state index contributed by atoms with van der Waals surface area (Å²) in [5.41, 5.74) is 9.49. The van der Waals surface area contributed by atoms with E-state index in [1.807, 2.05) is 18.3 Å². The lowest BCUT2D eigenvalue weighted by Crippen LogP contribution is -2.23. The van der Waals surface area contributed by atoms with Gasteiger partial charge in [0.2, 0.25) is 0 Å². The van der Waals surface area contributed by atoms with Crippen molar-refractivity contribution in [3.05, 3.63) is 57.6 Å². The minimum absolute atomic E-state index is 0.599. The highest BCUT2D eigenvalue weighted by atomic mass is 79.9.